The highest BCUT2D eigenvalue weighted by atomic mass is 127. The Labute approximate surface area is 89.9 Å². The molecule has 0 saturated heterocycles. The van der Waals surface area contributed by atoms with Crippen molar-refractivity contribution < 1.29 is 0 Å². The molecule has 5 heteroatoms. The van der Waals surface area contributed by atoms with Crippen LogP contribution in [0.25, 0.3) is 0 Å². The number of guanidine groups is 1. The molecule has 4 N–H and O–H groups in total. The second-order valence-corrected chi connectivity index (χ2v) is 3.57. The first-order chi connectivity index (χ1) is 6.18. The Bertz CT molecular complexity index is 325. The summed E-state index contributed by atoms with van der Waals surface area (Å²) in [7, 11) is 0. The van der Waals surface area contributed by atoms with Gasteiger partial charge >= 0.3 is 0 Å². The summed E-state index contributed by atoms with van der Waals surface area (Å²) in [4.78, 5) is 0. The molecule has 4 nitrogen and oxygen atoms in total. The Morgan fingerprint density at radius 2 is 1.85 bits per heavy atom. The summed E-state index contributed by atoms with van der Waals surface area (Å²) in [6, 6.07) is 7.84. The third-order valence-electron chi connectivity index (χ3n) is 1.25. The molecule has 0 atom stereocenters. The molecule has 0 spiro atoms. The van der Waals surface area contributed by atoms with Crippen LogP contribution in [0.5, 0.6) is 0 Å². The van der Waals surface area contributed by atoms with Gasteiger partial charge < -0.3 is 11.5 Å². The van der Waals surface area contributed by atoms with E-state index in [2.05, 4.69) is 32.8 Å². The molecule has 1 rings (SSSR count). The van der Waals surface area contributed by atoms with E-state index in [0.717, 1.165) is 5.56 Å². The van der Waals surface area contributed by atoms with E-state index in [-0.39, 0.29) is 5.96 Å². The van der Waals surface area contributed by atoms with Gasteiger partial charge in [0.15, 0.2) is 0 Å². The van der Waals surface area contributed by atoms with Crippen LogP contribution in [0, 0.1) is 3.57 Å². The maximum absolute atomic E-state index is 5.09. The SMILES string of the molecule is NC(N)=N/N=C\c1ccc(I)cc1. The molecule has 1 aromatic rings. The van der Waals surface area contributed by atoms with E-state index in [1.165, 1.54) is 3.57 Å². The molecule has 0 unspecified atom stereocenters. The highest BCUT2D eigenvalue weighted by Crippen LogP contribution is 2.04. The van der Waals surface area contributed by atoms with Gasteiger partial charge in [-0.05, 0) is 40.3 Å². The first-order valence-corrected chi connectivity index (χ1v) is 4.64. The summed E-state index contributed by atoms with van der Waals surface area (Å²) in [5, 5.41) is 7.16. The van der Waals surface area contributed by atoms with Crippen LogP contribution in [0.2, 0.25) is 0 Å². The second-order valence-electron chi connectivity index (χ2n) is 2.32. The van der Waals surface area contributed by atoms with Crippen molar-refractivity contribution in [3.8, 4) is 0 Å². The normalized spacial score (nSPS) is 10.2. The molecule has 68 valence electrons. The van der Waals surface area contributed by atoms with Crippen molar-refractivity contribution in [1.29, 1.82) is 0 Å². The van der Waals surface area contributed by atoms with Crippen molar-refractivity contribution in [3.05, 3.63) is 33.4 Å². The summed E-state index contributed by atoms with van der Waals surface area (Å²) in [5.74, 6) is -0.0400. The Morgan fingerprint density at radius 1 is 1.23 bits per heavy atom. The summed E-state index contributed by atoms with van der Waals surface area (Å²) < 4.78 is 1.18. The van der Waals surface area contributed by atoms with Gasteiger partial charge in [-0.1, -0.05) is 12.1 Å². The first kappa shape index (κ1) is 9.97. The highest BCUT2D eigenvalue weighted by molar-refractivity contribution is 14.1. The fraction of sp³-hybridized carbons (Fsp3) is 0. The van der Waals surface area contributed by atoms with Gasteiger partial charge in [-0.25, -0.2) is 0 Å². The summed E-state index contributed by atoms with van der Waals surface area (Å²) >= 11 is 2.23. The molecular weight excluding hydrogens is 279 g/mol. The van der Waals surface area contributed by atoms with E-state index in [0.29, 0.717) is 0 Å². The second kappa shape index (κ2) is 4.80. The van der Waals surface area contributed by atoms with Gasteiger partial charge in [0.2, 0.25) is 5.96 Å². The number of hydrogen-bond acceptors (Lipinski definition) is 2. The van der Waals surface area contributed by atoms with Crippen LogP contribution >= 0.6 is 22.6 Å². The number of nitrogens with zero attached hydrogens (tertiary/aromatic N) is 2. The molecule has 0 aliphatic heterocycles. The lowest BCUT2D eigenvalue weighted by Crippen LogP contribution is -2.21. The first-order valence-electron chi connectivity index (χ1n) is 3.56. The molecule has 13 heavy (non-hydrogen) atoms. The Kier molecular flexibility index (Phi) is 3.69. The maximum Gasteiger partial charge on any atom is 0.211 e. The quantitative estimate of drug-likeness (QED) is 0.367. The van der Waals surface area contributed by atoms with Gasteiger partial charge in [0, 0.05) is 3.57 Å². The number of rotatable bonds is 2. The van der Waals surface area contributed by atoms with Gasteiger partial charge in [0.1, 0.15) is 0 Å². The molecule has 0 saturated carbocycles. The van der Waals surface area contributed by atoms with Gasteiger partial charge in [-0.15, -0.1) is 5.10 Å². The number of halogens is 1. The van der Waals surface area contributed by atoms with Gasteiger partial charge in [-0.3, -0.25) is 0 Å². The van der Waals surface area contributed by atoms with E-state index in [9.17, 15) is 0 Å². The van der Waals surface area contributed by atoms with Crippen molar-refractivity contribution in [2.45, 2.75) is 0 Å². The smallest absolute Gasteiger partial charge is 0.211 e. The third-order valence-corrected chi connectivity index (χ3v) is 1.97. The van der Waals surface area contributed by atoms with E-state index < -0.39 is 0 Å². The van der Waals surface area contributed by atoms with Crippen LogP contribution in [0.3, 0.4) is 0 Å². The summed E-state index contributed by atoms with van der Waals surface area (Å²) in [6.07, 6.45) is 1.59. The maximum atomic E-state index is 5.09. The predicted octanol–water partition coefficient (Wildman–Crippen LogP) is 0.899. The molecule has 0 aromatic heterocycles. The molecule has 0 aliphatic carbocycles. The van der Waals surface area contributed by atoms with Crippen molar-refractivity contribution in [2.24, 2.45) is 21.7 Å². The minimum Gasteiger partial charge on any atom is -0.369 e. The molecule has 1 aromatic carbocycles. The number of hydrogen-bond donors (Lipinski definition) is 2. The van der Waals surface area contributed by atoms with E-state index in [1.807, 2.05) is 24.3 Å². The van der Waals surface area contributed by atoms with Crippen LogP contribution in [0.1, 0.15) is 5.56 Å². The van der Waals surface area contributed by atoms with Crippen LogP contribution in [0.15, 0.2) is 34.5 Å². The Morgan fingerprint density at radius 3 is 2.38 bits per heavy atom. The molecule has 0 aliphatic rings. The Hall–Kier alpha value is -1.11. The third kappa shape index (κ3) is 3.88. The van der Waals surface area contributed by atoms with Crippen molar-refractivity contribution in [1.82, 2.24) is 0 Å². The highest BCUT2D eigenvalue weighted by Gasteiger charge is 1.86. The largest absolute Gasteiger partial charge is 0.369 e. The topological polar surface area (TPSA) is 76.8 Å². The molecule has 0 radical (unpaired) electrons. The fourth-order valence-electron chi connectivity index (χ4n) is 0.711. The minimum absolute atomic E-state index is 0.0400. The lowest BCUT2D eigenvalue weighted by molar-refractivity contribution is 1.21. The van der Waals surface area contributed by atoms with Gasteiger partial charge in [0.25, 0.3) is 0 Å². The lowest BCUT2D eigenvalue weighted by atomic mass is 10.2. The van der Waals surface area contributed by atoms with Crippen molar-refractivity contribution in [2.75, 3.05) is 0 Å². The molecule has 0 fully saturated rings. The number of nitrogens with two attached hydrogens (primary N) is 2. The molecular formula is C8H9IN4. The molecule has 0 heterocycles. The van der Waals surface area contributed by atoms with Gasteiger partial charge in [0.05, 0.1) is 6.21 Å². The zero-order valence-electron chi connectivity index (χ0n) is 6.81. The molecule has 0 amide bonds. The van der Waals surface area contributed by atoms with Crippen LogP contribution < -0.4 is 11.5 Å². The Balaban J connectivity index is 2.70. The van der Waals surface area contributed by atoms with Crippen LogP contribution in [-0.2, 0) is 0 Å². The fourth-order valence-corrected chi connectivity index (χ4v) is 1.07. The van der Waals surface area contributed by atoms with Gasteiger partial charge in [-0.2, -0.15) is 5.10 Å². The van der Waals surface area contributed by atoms with E-state index in [1.54, 1.807) is 6.21 Å². The van der Waals surface area contributed by atoms with Crippen molar-refractivity contribution >= 4 is 34.8 Å². The zero-order chi connectivity index (χ0) is 9.68. The number of benzene rings is 1. The lowest BCUT2D eigenvalue weighted by Gasteiger charge is -1.91. The standard InChI is InChI=1S/C8H9IN4/c9-7-3-1-6(2-4-7)5-12-13-8(10)11/h1-5H,(H4,10,11,13)/b12-5-. The summed E-state index contributed by atoms with van der Waals surface area (Å²) in [5.41, 5.74) is 11.2. The average molecular weight is 288 g/mol. The van der Waals surface area contributed by atoms with Crippen molar-refractivity contribution in [3.63, 3.8) is 0 Å². The zero-order valence-corrected chi connectivity index (χ0v) is 8.97. The molecule has 0 bridgehead atoms. The van der Waals surface area contributed by atoms with E-state index in [4.69, 9.17) is 11.5 Å². The minimum atomic E-state index is -0.0400. The monoisotopic (exact) mass is 288 g/mol. The van der Waals surface area contributed by atoms with Crippen LogP contribution in [0.4, 0.5) is 0 Å². The average Bonchev–Trinajstić information content (AvgIpc) is 2.08. The van der Waals surface area contributed by atoms with Crippen LogP contribution in [-0.4, -0.2) is 12.2 Å². The van der Waals surface area contributed by atoms with E-state index >= 15 is 0 Å². The summed E-state index contributed by atoms with van der Waals surface area (Å²) in [6.45, 7) is 0. The predicted molar refractivity (Wildman–Crippen MR) is 62.6 cm³/mol.